The van der Waals surface area contributed by atoms with Crippen molar-refractivity contribution in [1.29, 1.82) is 0 Å². The third kappa shape index (κ3) is 4.11. The average Bonchev–Trinajstić information content (AvgIpc) is 2.83. The number of aryl methyl sites for hydroxylation is 1. The first kappa shape index (κ1) is 15.6. The van der Waals surface area contributed by atoms with Gasteiger partial charge in [0, 0.05) is 38.3 Å². The Morgan fingerprint density at radius 3 is 2.68 bits per heavy atom. The standard InChI is InChI=1S/C14H14F2N4O2/c1-20-7-5-12(19-20)18-13(21)4-6-17-14(22)10-3-2-9(15)8-11(10)16/h2-3,5,7-8H,4,6H2,1H3,(H,17,22)(H,18,19,21). The Morgan fingerprint density at radius 1 is 1.27 bits per heavy atom. The highest BCUT2D eigenvalue weighted by molar-refractivity contribution is 5.95. The molecule has 0 aliphatic carbocycles. The maximum atomic E-state index is 13.4. The smallest absolute Gasteiger partial charge is 0.254 e. The van der Waals surface area contributed by atoms with Crippen LogP contribution in [0, 0.1) is 11.6 Å². The summed E-state index contributed by atoms with van der Waals surface area (Å²) in [7, 11) is 1.72. The fourth-order valence-electron chi connectivity index (χ4n) is 1.75. The lowest BCUT2D eigenvalue weighted by Crippen LogP contribution is -2.28. The number of nitrogens with zero attached hydrogens (tertiary/aromatic N) is 2. The minimum absolute atomic E-state index is 0.00509. The molecule has 116 valence electrons. The van der Waals surface area contributed by atoms with Gasteiger partial charge in [0.1, 0.15) is 11.6 Å². The van der Waals surface area contributed by atoms with Gasteiger partial charge in [-0.3, -0.25) is 14.3 Å². The Hall–Kier alpha value is -2.77. The van der Waals surface area contributed by atoms with Crippen LogP contribution < -0.4 is 10.6 Å². The lowest BCUT2D eigenvalue weighted by molar-refractivity contribution is -0.116. The molecule has 1 heterocycles. The topological polar surface area (TPSA) is 76.0 Å². The second-order valence-corrected chi connectivity index (χ2v) is 4.55. The van der Waals surface area contributed by atoms with Gasteiger partial charge < -0.3 is 10.6 Å². The van der Waals surface area contributed by atoms with Crippen molar-refractivity contribution in [3.63, 3.8) is 0 Å². The van der Waals surface area contributed by atoms with Gasteiger partial charge in [0.25, 0.3) is 5.91 Å². The number of aromatic nitrogens is 2. The summed E-state index contributed by atoms with van der Waals surface area (Å²) in [5, 5.41) is 8.92. The highest BCUT2D eigenvalue weighted by atomic mass is 19.1. The highest BCUT2D eigenvalue weighted by Gasteiger charge is 2.12. The van der Waals surface area contributed by atoms with Crippen LogP contribution in [0.5, 0.6) is 0 Å². The third-order valence-corrected chi connectivity index (χ3v) is 2.79. The van der Waals surface area contributed by atoms with Gasteiger partial charge in [-0.15, -0.1) is 0 Å². The summed E-state index contributed by atoms with van der Waals surface area (Å²) in [5.41, 5.74) is -0.272. The van der Waals surface area contributed by atoms with Gasteiger partial charge in [0.05, 0.1) is 5.56 Å². The summed E-state index contributed by atoms with van der Waals surface area (Å²) >= 11 is 0. The summed E-state index contributed by atoms with van der Waals surface area (Å²) in [6, 6.07) is 4.30. The molecule has 0 saturated carbocycles. The molecule has 2 amide bonds. The first-order valence-electron chi connectivity index (χ1n) is 6.48. The van der Waals surface area contributed by atoms with E-state index >= 15 is 0 Å². The van der Waals surface area contributed by atoms with E-state index < -0.39 is 17.5 Å². The van der Waals surface area contributed by atoms with Crippen LogP contribution in [0.1, 0.15) is 16.8 Å². The van der Waals surface area contributed by atoms with Crippen molar-refractivity contribution in [1.82, 2.24) is 15.1 Å². The molecular formula is C14H14F2N4O2. The van der Waals surface area contributed by atoms with Crippen LogP contribution in [0.15, 0.2) is 30.5 Å². The van der Waals surface area contributed by atoms with Crippen LogP contribution in [0.3, 0.4) is 0 Å². The molecule has 0 unspecified atom stereocenters. The molecule has 1 aromatic heterocycles. The first-order chi connectivity index (χ1) is 10.5. The summed E-state index contributed by atoms with van der Waals surface area (Å²) in [4.78, 5) is 23.3. The van der Waals surface area contributed by atoms with Gasteiger partial charge in [-0.25, -0.2) is 8.78 Å². The lowest BCUT2D eigenvalue weighted by atomic mass is 10.2. The maximum absolute atomic E-state index is 13.4. The van der Waals surface area contributed by atoms with Gasteiger partial charge in [0.2, 0.25) is 5.91 Å². The van der Waals surface area contributed by atoms with Crippen molar-refractivity contribution in [2.75, 3.05) is 11.9 Å². The zero-order valence-corrected chi connectivity index (χ0v) is 11.8. The van der Waals surface area contributed by atoms with E-state index in [0.29, 0.717) is 11.9 Å². The molecule has 0 aliphatic heterocycles. The molecule has 2 N–H and O–H groups in total. The number of hydrogen-bond donors (Lipinski definition) is 2. The van der Waals surface area contributed by atoms with Gasteiger partial charge >= 0.3 is 0 Å². The molecule has 0 fully saturated rings. The van der Waals surface area contributed by atoms with Crippen LogP contribution in [-0.4, -0.2) is 28.1 Å². The summed E-state index contributed by atoms with van der Waals surface area (Å²) in [6.07, 6.45) is 1.68. The largest absolute Gasteiger partial charge is 0.351 e. The van der Waals surface area contributed by atoms with E-state index in [4.69, 9.17) is 0 Å². The minimum Gasteiger partial charge on any atom is -0.351 e. The Labute approximate surface area is 125 Å². The molecule has 2 aromatic rings. The van der Waals surface area contributed by atoms with Crippen molar-refractivity contribution in [2.24, 2.45) is 7.05 Å². The van der Waals surface area contributed by atoms with E-state index in [1.54, 1.807) is 19.3 Å². The molecule has 0 radical (unpaired) electrons. The van der Waals surface area contributed by atoms with Crippen LogP contribution in [0.25, 0.3) is 0 Å². The number of anilines is 1. The number of benzene rings is 1. The summed E-state index contributed by atoms with van der Waals surface area (Å²) < 4.78 is 27.7. The molecule has 0 saturated heterocycles. The molecule has 0 atom stereocenters. The maximum Gasteiger partial charge on any atom is 0.254 e. The fraction of sp³-hybridized carbons (Fsp3) is 0.214. The van der Waals surface area contributed by atoms with E-state index in [-0.39, 0.29) is 24.4 Å². The zero-order chi connectivity index (χ0) is 16.1. The number of halogens is 2. The Kier molecular flexibility index (Phi) is 4.82. The zero-order valence-electron chi connectivity index (χ0n) is 11.8. The minimum atomic E-state index is -0.949. The number of nitrogens with one attached hydrogen (secondary N) is 2. The molecule has 22 heavy (non-hydrogen) atoms. The molecule has 1 aromatic carbocycles. The Morgan fingerprint density at radius 2 is 2.05 bits per heavy atom. The molecule has 0 spiro atoms. The fourth-order valence-corrected chi connectivity index (χ4v) is 1.75. The van der Waals surface area contributed by atoms with Crippen LogP contribution in [0.4, 0.5) is 14.6 Å². The molecule has 6 nitrogen and oxygen atoms in total. The monoisotopic (exact) mass is 308 g/mol. The molecule has 0 bridgehead atoms. The van der Waals surface area contributed by atoms with Gasteiger partial charge in [-0.1, -0.05) is 0 Å². The second-order valence-electron chi connectivity index (χ2n) is 4.55. The molecule has 8 heteroatoms. The average molecular weight is 308 g/mol. The van der Waals surface area contributed by atoms with E-state index in [0.717, 1.165) is 12.1 Å². The Bertz CT molecular complexity index is 700. The lowest BCUT2D eigenvalue weighted by Gasteiger charge is -2.06. The van der Waals surface area contributed by atoms with Crippen LogP contribution in [0.2, 0.25) is 0 Å². The quantitative estimate of drug-likeness (QED) is 0.878. The van der Waals surface area contributed by atoms with E-state index in [9.17, 15) is 18.4 Å². The van der Waals surface area contributed by atoms with E-state index in [1.165, 1.54) is 4.68 Å². The van der Waals surface area contributed by atoms with Crippen molar-refractivity contribution in [3.8, 4) is 0 Å². The number of carbonyl (C=O) groups is 2. The number of carbonyl (C=O) groups excluding carboxylic acids is 2. The van der Waals surface area contributed by atoms with Crippen molar-refractivity contribution < 1.29 is 18.4 Å². The van der Waals surface area contributed by atoms with E-state index in [2.05, 4.69) is 15.7 Å². The predicted molar refractivity (Wildman–Crippen MR) is 75.1 cm³/mol. The van der Waals surface area contributed by atoms with Gasteiger partial charge in [-0.2, -0.15) is 5.10 Å². The van der Waals surface area contributed by atoms with Crippen molar-refractivity contribution in [2.45, 2.75) is 6.42 Å². The second kappa shape index (κ2) is 6.79. The molecule has 2 rings (SSSR count). The van der Waals surface area contributed by atoms with Crippen LogP contribution >= 0.6 is 0 Å². The number of hydrogen-bond acceptors (Lipinski definition) is 3. The Balaban J connectivity index is 1.80. The molecular weight excluding hydrogens is 294 g/mol. The summed E-state index contributed by atoms with van der Waals surface area (Å²) in [5.74, 6) is -2.34. The predicted octanol–water partition coefficient (Wildman–Crippen LogP) is 1.46. The number of amides is 2. The third-order valence-electron chi connectivity index (χ3n) is 2.79. The van der Waals surface area contributed by atoms with Gasteiger partial charge in [0.15, 0.2) is 5.82 Å². The van der Waals surface area contributed by atoms with Crippen molar-refractivity contribution >= 4 is 17.6 Å². The molecule has 0 aliphatic rings. The van der Waals surface area contributed by atoms with Gasteiger partial charge in [-0.05, 0) is 12.1 Å². The summed E-state index contributed by atoms with van der Waals surface area (Å²) in [6.45, 7) is 0.0221. The first-order valence-corrected chi connectivity index (χ1v) is 6.48. The highest BCUT2D eigenvalue weighted by Crippen LogP contribution is 2.09. The van der Waals surface area contributed by atoms with Crippen LogP contribution in [-0.2, 0) is 11.8 Å². The number of rotatable bonds is 5. The van der Waals surface area contributed by atoms with E-state index in [1.807, 2.05) is 0 Å². The SMILES string of the molecule is Cn1ccc(NC(=O)CCNC(=O)c2ccc(F)cc2F)n1. The van der Waals surface area contributed by atoms with Crippen molar-refractivity contribution in [3.05, 3.63) is 47.7 Å². The normalized spacial score (nSPS) is 10.3.